The van der Waals surface area contributed by atoms with Crippen LogP contribution in [0.2, 0.25) is 0 Å². The van der Waals surface area contributed by atoms with Crippen molar-refractivity contribution in [3.8, 4) is 0 Å². The lowest BCUT2D eigenvalue weighted by atomic mass is 10.3. The number of carbonyl (C=O) groups is 2. The summed E-state index contributed by atoms with van der Waals surface area (Å²) in [6, 6.07) is 0.700. The molecule has 0 unspecified atom stereocenters. The number of aromatic nitrogens is 1. The normalized spacial score (nSPS) is 11.8. The maximum absolute atomic E-state index is 11.8. The van der Waals surface area contributed by atoms with E-state index in [0.29, 0.717) is 24.7 Å². The van der Waals surface area contributed by atoms with E-state index in [1.165, 1.54) is 0 Å². The summed E-state index contributed by atoms with van der Waals surface area (Å²) in [4.78, 5) is 25.2. The van der Waals surface area contributed by atoms with Gasteiger partial charge in [-0.25, -0.2) is 4.79 Å². The summed E-state index contributed by atoms with van der Waals surface area (Å²) in [5.74, 6) is 0.607. The van der Waals surface area contributed by atoms with Gasteiger partial charge in [0, 0.05) is 19.2 Å². The van der Waals surface area contributed by atoms with Crippen molar-refractivity contribution in [3.05, 3.63) is 11.8 Å². The minimum atomic E-state index is -0.648. The van der Waals surface area contributed by atoms with Crippen LogP contribution in [0.4, 0.5) is 10.6 Å². The lowest BCUT2D eigenvalue weighted by Gasteiger charge is -2.21. The summed E-state index contributed by atoms with van der Waals surface area (Å²) in [5.41, 5.74) is 0. The molecule has 0 aliphatic rings. The minimum Gasteiger partial charge on any atom is -0.360 e. The number of hydrogen-bond donors (Lipinski definition) is 2. The molecule has 1 aromatic rings. The van der Waals surface area contributed by atoms with E-state index in [9.17, 15) is 9.59 Å². The molecule has 0 saturated heterocycles. The van der Waals surface area contributed by atoms with Crippen molar-refractivity contribution in [2.75, 3.05) is 18.4 Å². The number of hydrogen-bond acceptors (Lipinski definition) is 4. The van der Waals surface area contributed by atoms with Gasteiger partial charge in [-0.15, -0.1) is 0 Å². The van der Waals surface area contributed by atoms with Gasteiger partial charge >= 0.3 is 6.03 Å². The first-order chi connectivity index (χ1) is 8.97. The van der Waals surface area contributed by atoms with Crippen molar-refractivity contribution >= 4 is 17.8 Å². The minimum absolute atomic E-state index is 0.260. The largest absolute Gasteiger partial charge is 0.360 e. The molecule has 1 atom stereocenters. The van der Waals surface area contributed by atoms with Crippen LogP contribution in [0.15, 0.2) is 10.6 Å². The van der Waals surface area contributed by atoms with Gasteiger partial charge in [-0.1, -0.05) is 5.16 Å². The second-order valence-corrected chi connectivity index (χ2v) is 4.16. The molecule has 0 spiro atoms. The average Bonchev–Trinajstić information content (AvgIpc) is 2.76. The Bertz CT molecular complexity index is 440. The predicted octanol–water partition coefficient (Wildman–Crippen LogP) is 1.36. The van der Waals surface area contributed by atoms with Crippen LogP contribution >= 0.6 is 0 Å². The third-order valence-electron chi connectivity index (χ3n) is 2.66. The van der Waals surface area contributed by atoms with Crippen LogP contribution in [-0.2, 0) is 4.79 Å². The molecule has 0 bridgehead atoms. The van der Waals surface area contributed by atoms with E-state index in [1.54, 1.807) is 24.8 Å². The van der Waals surface area contributed by atoms with Gasteiger partial charge in [-0.3, -0.25) is 4.79 Å². The number of nitrogens with one attached hydrogen (secondary N) is 2. The van der Waals surface area contributed by atoms with Crippen LogP contribution < -0.4 is 10.6 Å². The van der Waals surface area contributed by atoms with Crippen molar-refractivity contribution < 1.29 is 14.1 Å². The van der Waals surface area contributed by atoms with E-state index >= 15 is 0 Å². The number of nitrogens with zero attached hydrogens (tertiary/aromatic N) is 2. The van der Waals surface area contributed by atoms with E-state index in [4.69, 9.17) is 4.52 Å². The molecule has 106 valence electrons. The fourth-order valence-electron chi connectivity index (χ4n) is 1.51. The van der Waals surface area contributed by atoms with Crippen molar-refractivity contribution in [1.82, 2.24) is 15.4 Å². The highest BCUT2D eigenvalue weighted by Gasteiger charge is 2.19. The highest BCUT2D eigenvalue weighted by molar-refractivity contribution is 5.96. The van der Waals surface area contributed by atoms with E-state index in [0.717, 1.165) is 0 Å². The molecule has 1 aromatic heterocycles. The van der Waals surface area contributed by atoms with E-state index in [1.807, 2.05) is 13.8 Å². The fourth-order valence-corrected chi connectivity index (χ4v) is 1.51. The molecular weight excluding hydrogens is 248 g/mol. The molecule has 19 heavy (non-hydrogen) atoms. The van der Waals surface area contributed by atoms with Gasteiger partial charge in [0.15, 0.2) is 5.82 Å². The van der Waals surface area contributed by atoms with Gasteiger partial charge < -0.3 is 20.1 Å². The number of carbonyl (C=O) groups excluding carboxylic acids is 2. The zero-order chi connectivity index (χ0) is 14.4. The van der Waals surface area contributed by atoms with Crippen LogP contribution in [0.1, 0.15) is 26.5 Å². The SMILES string of the molecule is CCN(CC)C(=O)N[C@H](C)C(=O)Nc1cc(C)on1. The van der Waals surface area contributed by atoms with E-state index in [2.05, 4.69) is 15.8 Å². The van der Waals surface area contributed by atoms with Crippen LogP contribution in [0, 0.1) is 6.92 Å². The molecule has 7 nitrogen and oxygen atoms in total. The Hall–Kier alpha value is -2.05. The Balaban J connectivity index is 2.51. The van der Waals surface area contributed by atoms with Gasteiger partial charge in [0.1, 0.15) is 11.8 Å². The third kappa shape index (κ3) is 4.27. The molecule has 2 N–H and O–H groups in total. The lowest BCUT2D eigenvalue weighted by molar-refractivity contribution is -0.117. The van der Waals surface area contributed by atoms with Crippen LogP contribution in [-0.4, -0.2) is 41.1 Å². The quantitative estimate of drug-likeness (QED) is 0.844. The van der Waals surface area contributed by atoms with E-state index < -0.39 is 6.04 Å². The molecule has 0 saturated carbocycles. The Morgan fingerprint density at radius 3 is 2.53 bits per heavy atom. The first-order valence-electron chi connectivity index (χ1n) is 6.27. The number of anilines is 1. The lowest BCUT2D eigenvalue weighted by Crippen LogP contribution is -2.48. The summed E-state index contributed by atoms with van der Waals surface area (Å²) in [6.45, 7) is 8.30. The second kappa shape index (κ2) is 6.77. The van der Waals surface area contributed by atoms with Crippen LogP contribution in [0.25, 0.3) is 0 Å². The monoisotopic (exact) mass is 268 g/mol. The highest BCUT2D eigenvalue weighted by Crippen LogP contribution is 2.07. The Kier molecular flexibility index (Phi) is 5.35. The van der Waals surface area contributed by atoms with Crippen molar-refractivity contribution in [1.29, 1.82) is 0 Å². The van der Waals surface area contributed by atoms with Crippen molar-refractivity contribution in [2.45, 2.75) is 33.7 Å². The number of rotatable bonds is 5. The van der Waals surface area contributed by atoms with Crippen LogP contribution in [0.3, 0.4) is 0 Å². The molecule has 0 fully saturated rings. The highest BCUT2D eigenvalue weighted by atomic mass is 16.5. The Morgan fingerprint density at radius 1 is 1.42 bits per heavy atom. The number of urea groups is 1. The molecule has 0 aliphatic heterocycles. The zero-order valence-corrected chi connectivity index (χ0v) is 11.7. The Morgan fingerprint density at radius 2 is 2.05 bits per heavy atom. The molecule has 3 amide bonds. The maximum Gasteiger partial charge on any atom is 0.318 e. The smallest absolute Gasteiger partial charge is 0.318 e. The zero-order valence-electron chi connectivity index (χ0n) is 11.7. The number of amides is 3. The summed E-state index contributed by atoms with van der Waals surface area (Å²) in [6.07, 6.45) is 0. The number of aryl methyl sites for hydroxylation is 1. The van der Waals surface area contributed by atoms with E-state index in [-0.39, 0.29) is 11.9 Å². The fraction of sp³-hybridized carbons (Fsp3) is 0.583. The second-order valence-electron chi connectivity index (χ2n) is 4.16. The van der Waals surface area contributed by atoms with Gasteiger partial charge in [-0.05, 0) is 27.7 Å². The standard InChI is InChI=1S/C12H20N4O3/c1-5-16(6-2)12(18)13-9(4)11(17)14-10-7-8(3)19-15-10/h7,9H,5-6H2,1-4H3,(H,13,18)(H,14,15,17)/t9-/m1/s1. The van der Waals surface area contributed by atoms with Gasteiger partial charge in [-0.2, -0.15) is 0 Å². The van der Waals surface area contributed by atoms with Gasteiger partial charge in [0.25, 0.3) is 0 Å². The summed E-state index contributed by atoms with van der Waals surface area (Å²) >= 11 is 0. The van der Waals surface area contributed by atoms with Crippen molar-refractivity contribution in [3.63, 3.8) is 0 Å². The molecular formula is C12H20N4O3. The van der Waals surface area contributed by atoms with Gasteiger partial charge in [0.05, 0.1) is 0 Å². The Labute approximate surface area is 112 Å². The molecule has 0 aliphatic carbocycles. The maximum atomic E-state index is 11.8. The summed E-state index contributed by atoms with van der Waals surface area (Å²) < 4.78 is 4.84. The molecule has 7 heteroatoms. The first kappa shape index (κ1) is 15.0. The molecule has 0 aromatic carbocycles. The molecule has 1 rings (SSSR count). The molecule has 1 heterocycles. The third-order valence-corrected chi connectivity index (χ3v) is 2.66. The first-order valence-corrected chi connectivity index (χ1v) is 6.27. The van der Waals surface area contributed by atoms with Gasteiger partial charge in [0.2, 0.25) is 5.91 Å². The van der Waals surface area contributed by atoms with Crippen LogP contribution in [0.5, 0.6) is 0 Å². The molecule has 0 radical (unpaired) electrons. The summed E-state index contributed by atoms with van der Waals surface area (Å²) in [7, 11) is 0. The average molecular weight is 268 g/mol. The van der Waals surface area contributed by atoms with Crippen molar-refractivity contribution in [2.24, 2.45) is 0 Å². The summed E-state index contributed by atoms with van der Waals surface area (Å²) in [5, 5.41) is 8.85. The predicted molar refractivity (Wildman–Crippen MR) is 70.8 cm³/mol. The topological polar surface area (TPSA) is 87.5 Å².